The number of nitrogens with one attached hydrogen (secondary N) is 1. The van der Waals surface area contributed by atoms with Crippen molar-refractivity contribution in [1.29, 1.82) is 0 Å². The van der Waals surface area contributed by atoms with E-state index in [-0.39, 0.29) is 12.3 Å². The first kappa shape index (κ1) is 13.2. The Morgan fingerprint density at radius 3 is 2.76 bits per heavy atom. The van der Waals surface area contributed by atoms with Crippen molar-refractivity contribution in [3.63, 3.8) is 0 Å². The quantitative estimate of drug-likeness (QED) is 0.790. The minimum Gasteiger partial charge on any atom is -0.481 e. The fourth-order valence-electron chi connectivity index (χ4n) is 1.45. The third kappa shape index (κ3) is 4.63. The van der Waals surface area contributed by atoms with E-state index < -0.39 is 11.9 Å². The summed E-state index contributed by atoms with van der Waals surface area (Å²) in [6.45, 7) is 1.80. The number of aliphatic carboxylic acids is 1. The highest BCUT2D eigenvalue weighted by molar-refractivity contribution is 5.89. The highest BCUT2D eigenvalue weighted by Gasteiger charge is 2.16. The summed E-state index contributed by atoms with van der Waals surface area (Å²) in [4.78, 5) is 26.2. The molecule has 1 heterocycles. The van der Waals surface area contributed by atoms with Gasteiger partial charge in [0, 0.05) is 12.6 Å². The van der Waals surface area contributed by atoms with Crippen LogP contribution in [0, 0.1) is 5.92 Å². The summed E-state index contributed by atoms with van der Waals surface area (Å²) < 4.78 is 0. The van der Waals surface area contributed by atoms with E-state index in [2.05, 4.69) is 10.3 Å². The molecular formula is C12H16N2O3. The van der Waals surface area contributed by atoms with Crippen LogP contribution in [0.25, 0.3) is 0 Å². The molecule has 1 rings (SSSR count). The Hall–Kier alpha value is -1.91. The third-order valence-corrected chi connectivity index (χ3v) is 2.49. The number of pyridine rings is 1. The van der Waals surface area contributed by atoms with E-state index in [0.29, 0.717) is 18.7 Å². The number of aromatic nitrogens is 1. The minimum atomic E-state index is -0.849. The van der Waals surface area contributed by atoms with Gasteiger partial charge in [0.05, 0.1) is 5.92 Å². The molecule has 92 valence electrons. The first-order chi connectivity index (χ1) is 8.13. The zero-order valence-electron chi connectivity index (χ0n) is 9.72. The highest BCUT2D eigenvalue weighted by Crippen LogP contribution is 2.12. The normalized spacial score (nSPS) is 11.8. The largest absolute Gasteiger partial charge is 0.481 e. The molecule has 0 radical (unpaired) electrons. The van der Waals surface area contributed by atoms with Crippen molar-refractivity contribution in [3.05, 3.63) is 24.4 Å². The van der Waals surface area contributed by atoms with Crippen LogP contribution in [0.2, 0.25) is 0 Å². The first-order valence-electron chi connectivity index (χ1n) is 5.57. The zero-order chi connectivity index (χ0) is 12.7. The Morgan fingerprint density at radius 1 is 1.47 bits per heavy atom. The van der Waals surface area contributed by atoms with Gasteiger partial charge in [0.2, 0.25) is 5.91 Å². The molecule has 17 heavy (non-hydrogen) atoms. The second-order valence-electron chi connectivity index (χ2n) is 3.75. The minimum absolute atomic E-state index is 0.196. The lowest BCUT2D eigenvalue weighted by Gasteiger charge is -2.09. The third-order valence-electron chi connectivity index (χ3n) is 2.49. The molecule has 0 aromatic carbocycles. The number of nitrogens with zero attached hydrogens (tertiary/aromatic N) is 1. The molecule has 1 amide bonds. The summed E-state index contributed by atoms with van der Waals surface area (Å²) in [5.41, 5.74) is 0. The van der Waals surface area contributed by atoms with Crippen molar-refractivity contribution in [2.24, 2.45) is 5.92 Å². The summed E-state index contributed by atoms with van der Waals surface area (Å²) in [5, 5.41) is 11.4. The zero-order valence-corrected chi connectivity index (χ0v) is 9.72. The molecule has 0 saturated heterocycles. The fourth-order valence-corrected chi connectivity index (χ4v) is 1.45. The van der Waals surface area contributed by atoms with Gasteiger partial charge in [-0.25, -0.2) is 4.98 Å². The van der Waals surface area contributed by atoms with Crippen LogP contribution in [0.3, 0.4) is 0 Å². The Kier molecular flexibility index (Phi) is 5.13. The lowest BCUT2D eigenvalue weighted by Crippen LogP contribution is -2.18. The van der Waals surface area contributed by atoms with E-state index in [1.54, 1.807) is 31.3 Å². The molecule has 1 aromatic rings. The summed E-state index contributed by atoms with van der Waals surface area (Å²) in [6.07, 6.45) is 2.67. The van der Waals surface area contributed by atoms with Crippen molar-refractivity contribution in [2.75, 3.05) is 5.32 Å². The van der Waals surface area contributed by atoms with Gasteiger partial charge < -0.3 is 10.4 Å². The monoisotopic (exact) mass is 236 g/mol. The number of rotatable bonds is 6. The summed E-state index contributed by atoms with van der Waals surface area (Å²) in [6, 6.07) is 5.22. The summed E-state index contributed by atoms with van der Waals surface area (Å²) in [5.74, 6) is -1.02. The molecule has 1 atom stereocenters. The van der Waals surface area contributed by atoms with Gasteiger partial charge in [0.15, 0.2) is 0 Å². The van der Waals surface area contributed by atoms with Crippen molar-refractivity contribution < 1.29 is 14.7 Å². The maximum absolute atomic E-state index is 11.5. The van der Waals surface area contributed by atoms with Crippen molar-refractivity contribution in [1.82, 2.24) is 4.98 Å². The predicted molar refractivity (Wildman–Crippen MR) is 63.5 cm³/mol. The number of carboxylic acids is 1. The summed E-state index contributed by atoms with van der Waals surface area (Å²) >= 11 is 0. The number of anilines is 1. The van der Waals surface area contributed by atoms with Crippen LogP contribution < -0.4 is 5.32 Å². The van der Waals surface area contributed by atoms with E-state index in [0.717, 1.165) is 0 Å². The van der Waals surface area contributed by atoms with Crippen molar-refractivity contribution in [3.8, 4) is 0 Å². The smallest absolute Gasteiger partial charge is 0.306 e. The number of carboxylic acid groups (broad SMARTS) is 1. The van der Waals surface area contributed by atoms with Gasteiger partial charge in [-0.2, -0.15) is 0 Å². The van der Waals surface area contributed by atoms with Crippen LogP contribution >= 0.6 is 0 Å². The SMILES string of the molecule is CC[C@H](CCC(=O)Nc1ccccn1)C(=O)O. The molecule has 0 aliphatic rings. The first-order valence-corrected chi connectivity index (χ1v) is 5.57. The second-order valence-corrected chi connectivity index (χ2v) is 3.75. The van der Waals surface area contributed by atoms with E-state index in [1.165, 1.54) is 0 Å². The molecule has 0 fully saturated rings. The molecule has 0 aliphatic heterocycles. The average molecular weight is 236 g/mol. The van der Waals surface area contributed by atoms with Gasteiger partial charge in [-0.15, -0.1) is 0 Å². The standard InChI is InChI=1S/C12H16N2O3/c1-2-9(12(16)17)6-7-11(15)14-10-5-3-4-8-13-10/h3-5,8-9H,2,6-7H2,1H3,(H,16,17)(H,13,14,15)/t9-/m1/s1. The van der Waals surface area contributed by atoms with Gasteiger partial charge in [0.1, 0.15) is 5.82 Å². The molecule has 5 heteroatoms. The molecule has 1 aromatic heterocycles. The van der Waals surface area contributed by atoms with Gasteiger partial charge in [0.25, 0.3) is 0 Å². The molecule has 0 bridgehead atoms. The van der Waals surface area contributed by atoms with Crippen LogP contribution in [0.4, 0.5) is 5.82 Å². The Balaban J connectivity index is 2.38. The maximum atomic E-state index is 11.5. The Bertz CT molecular complexity index is 379. The fraction of sp³-hybridized carbons (Fsp3) is 0.417. The van der Waals surface area contributed by atoms with E-state index in [4.69, 9.17) is 5.11 Å². The molecule has 5 nitrogen and oxygen atoms in total. The molecule has 0 unspecified atom stereocenters. The van der Waals surface area contributed by atoms with E-state index in [1.807, 2.05) is 0 Å². The van der Waals surface area contributed by atoms with Gasteiger partial charge in [-0.05, 0) is 25.0 Å². The van der Waals surface area contributed by atoms with Crippen LogP contribution in [0.15, 0.2) is 24.4 Å². The Labute approximate surface area is 99.9 Å². The summed E-state index contributed by atoms with van der Waals surface area (Å²) in [7, 11) is 0. The van der Waals surface area contributed by atoms with Crippen LogP contribution in [0.1, 0.15) is 26.2 Å². The number of carbonyl (C=O) groups excluding carboxylic acids is 1. The van der Waals surface area contributed by atoms with Gasteiger partial charge >= 0.3 is 5.97 Å². The second kappa shape index (κ2) is 6.62. The van der Waals surface area contributed by atoms with Crippen LogP contribution in [-0.2, 0) is 9.59 Å². The van der Waals surface area contributed by atoms with Crippen LogP contribution in [0.5, 0.6) is 0 Å². The number of carbonyl (C=O) groups is 2. The molecule has 0 saturated carbocycles. The molecular weight excluding hydrogens is 220 g/mol. The molecule has 0 spiro atoms. The lowest BCUT2D eigenvalue weighted by atomic mass is 10.0. The average Bonchev–Trinajstić information content (AvgIpc) is 2.30. The van der Waals surface area contributed by atoms with Crippen LogP contribution in [-0.4, -0.2) is 22.0 Å². The van der Waals surface area contributed by atoms with E-state index >= 15 is 0 Å². The van der Waals surface area contributed by atoms with Crippen molar-refractivity contribution >= 4 is 17.7 Å². The van der Waals surface area contributed by atoms with Gasteiger partial charge in [-0.3, -0.25) is 9.59 Å². The molecule has 0 aliphatic carbocycles. The van der Waals surface area contributed by atoms with Gasteiger partial charge in [-0.1, -0.05) is 13.0 Å². The maximum Gasteiger partial charge on any atom is 0.306 e. The number of hydrogen-bond donors (Lipinski definition) is 2. The lowest BCUT2D eigenvalue weighted by molar-refractivity contribution is -0.142. The highest BCUT2D eigenvalue weighted by atomic mass is 16.4. The number of amides is 1. The number of hydrogen-bond acceptors (Lipinski definition) is 3. The molecule has 2 N–H and O–H groups in total. The van der Waals surface area contributed by atoms with Crippen molar-refractivity contribution in [2.45, 2.75) is 26.2 Å². The van der Waals surface area contributed by atoms with E-state index in [9.17, 15) is 9.59 Å². The Morgan fingerprint density at radius 2 is 2.24 bits per heavy atom. The topological polar surface area (TPSA) is 79.3 Å². The predicted octanol–water partition coefficient (Wildman–Crippen LogP) is 1.91.